The third-order valence-electron chi connectivity index (χ3n) is 9.56. The van der Waals surface area contributed by atoms with Gasteiger partial charge in [0.1, 0.15) is 0 Å². The Kier molecular flexibility index (Phi) is 33.0. The average Bonchev–Trinajstić information content (AvgIpc) is 4.12. The van der Waals surface area contributed by atoms with Gasteiger partial charge in [-0.25, -0.2) is 0 Å². The molecule has 0 aromatic heterocycles. The molecule has 6 unspecified atom stereocenters. The molecular weight excluding hydrogens is 756 g/mol. The normalized spacial score (nSPS) is 20.7. The highest BCUT2D eigenvalue weighted by atomic mass is 79.9. The fourth-order valence-electron chi connectivity index (χ4n) is 5.72. The Morgan fingerprint density at radius 3 is 1.00 bits per heavy atom. The fraction of sp³-hybridized carbons (Fsp3) is 0.787. The molecule has 3 fully saturated rings. The van der Waals surface area contributed by atoms with Gasteiger partial charge in [0.15, 0.2) is 0 Å². The lowest BCUT2D eigenvalue weighted by Gasteiger charge is -1.98. The first kappa shape index (κ1) is 50.6. The van der Waals surface area contributed by atoms with Crippen LogP contribution in [0.1, 0.15) is 181 Å². The van der Waals surface area contributed by atoms with Crippen molar-refractivity contribution in [2.24, 2.45) is 0 Å². The van der Waals surface area contributed by atoms with Crippen LogP contribution in [-0.2, 0) is 33.3 Å². The Labute approximate surface area is 344 Å². The topological polar surface area (TPSA) is 90.2 Å². The van der Waals surface area contributed by atoms with Crippen molar-refractivity contribution in [3.63, 3.8) is 0 Å². The van der Waals surface area contributed by atoms with E-state index in [1.165, 1.54) is 14.2 Å². The molecule has 8 heteroatoms. The predicted octanol–water partition coefficient (Wildman–Crippen LogP) is 10.8. The van der Waals surface area contributed by atoms with Gasteiger partial charge in [0, 0.05) is 69.5 Å². The van der Waals surface area contributed by atoms with Crippen LogP contribution in [0.15, 0.2) is 0 Å². The van der Waals surface area contributed by atoms with Crippen LogP contribution in [0.2, 0.25) is 0 Å². The number of ether oxygens (including phenoxy) is 5. The summed E-state index contributed by atoms with van der Waals surface area (Å²) in [7, 11) is 2.88. The number of alkyl halides is 1. The van der Waals surface area contributed by atoms with Crippen molar-refractivity contribution >= 4 is 27.9 Å². The zero-order valence-corrected chi connectivity index (χ0v) is 36.7. The summed E-state index contributed by atoms with van der Waals surface area (Å²) < 4.78 is 25.3. The van der Waals surface area contributed by atoms with Gasteiger partial charge in [0.25, 0.3) is 0 Å². The third kappa shape index (κ3) is 31.3. The molecule has 3 saturated heterocycles. The first-order chi connectivity index (χ1) is 26.9. The van der Waals surface area contributed by atoms with Gasteiger partial charge in [-0.3, -0.25) is 9.59 Å². The molecule has 0 amide bonds. The molecule has 0 bridgehead atoms. The minimum Gasteiger partial charge on any atom is -0.469 e. The van der Waals surface area contributed by atoms with Crippen LogP contribution in [0.4, 0.5) is 0 Å². The molecule has 0 aromatic rings. The predicted molar refractivity (Wildman–Crippen MR) is 227 cm³/mol. The molecule has 6 atom stereocenters. The Bertz CT molecular complexity index is 1160. The first-order valence-corrected chi connectivity index (χ1v) is 22.5. The Balaban J connectivity index is 0.000000466. The van der Waals surface area contributed by atoms with Crippen LogP contribution in [0.5, 0.6) is 0 Å². The highest BCUT2D eigenvalue weighted by Gasteiger charge is 2.36. The molecule has 7 nitrogen and oxygen atoms in total. The van der Waals surface area contributed by atoms with Gasteiger partial charge in [0.2, 0.25) is 0 Å². The summed E-state index contributed by atoms with van der Waals surface area (Å²) in [6, 6.07) is 0. The summed E-state index contributed by atoms with van der Waals surface area (Å²) >= 11 is 3.33. The van der Waals surface area contributed by atoms with E-state index in [1.807, 2.05) is 0 Å². The lowest BCUT2D eigenvalue weighted by atomic mass is 10.1. The van der Waals surface area contributed by atoms with Gasteiger partial charge >= 0.3 is 11.9 Å². The van der Waals surface area contributed by atoms with E-state index in [-0.39, 0.29) is 11.9 Å². The van der Waals surface area contributed by atoms with E-state index in [9.17, 15) is 9.59 Å². The molecule has 310 valence electrons. The number of halogens is 1. The zero-order chi connectivity index (χ0) is 40.2. The number of carbonyl (C=O) groups is 2. The van der Waals surface area contributed by atoms with E-state index in [0.29, 0.717) is 49.5 Å². The van der Waals surface area contributed by atoms with E-state index in [0.717, 1.165) is 153 Å². The first-order valence-electron chi connectivity index (χ1n) is 21.4. The summed E-state index contributed by atoms with van der Waals surface area (Å²) in [6.45, 7) is 6.46. The second kappa shape index (κ2) is 35.9. The van der Waals surface area contributed by atoms with Crippen molar-refractivity contribution in [1.29, 1.82) is 0 Å². The van der Waals surface area contributed by atoms with Gasteiger partial charge in [0.05, 0.1) is 50.8 Å². The Morgan fingerprint density at radius 2 is 0.727 bits per heavy atom. The van der Waals surface area contributed by atoms with E-state index in [4.69, 9.17) is 14.2 Å². The van der Waals surface area contributed by atoms with Gasteiger partial charge in [-0.05, 0) is 70.6 Å². The van der Waals surface area contributed by atoms with Crippen molar-refractivity contribution in [3.8, 4) is 47.4 Å². The van der Waals surface area contributed by atoms with Crippen LogP contribution in [-0.4, -0.2) is 68.1 Å². The van der Waals surface area contributed by atoms with Gasteiger partial charge in [-0.1, -0.05) is 62.4 Å². The van der Waals surface area contributed by atoms with Gasteiger partial charge in [-0.2, -0.15) is 0 Å². The van der Waals surface area contributed by atoms with Crippen LogP contribution >= 0.6 is 15.9 Å². The zero-order valence-electron chi connectivity index (χ0n) is 35.1. The molecule has 3 rings (SSSR count). The van der Waals surface area contributed by atoms with E-state index < -0.39 is 0 Å². The molecule has 3 heterocycles. The molecule has 55 heavy (non-hydrogen) atoms. The minimum atomic E-state index is -0.106. The lowest BCUT2D eigenvalue weighted by Crippen LogP contribution is -1.98. The summed E-state index contributed by atoms with van der Waals surface area (Å²) in [6.07, 6.45) is 28.1. The lowest BCUT2D eigenvalue weighted by molar-refractivity contribution is -0.141. The molecular formula is C47H73BrO7. The number of carbonyl (C=O) groups excluding carboxylic acids is 2. The molecule has 0 saturated carbocycles. The number of epoxide rings is 3. The molecule has 0 spiro atoms. The summed E-state index contributed by atoms with van der Waals surface area (Å²) in [4.78, 5) is 21.9. The minimum absolute atomic E-state index is 0.106. The summed E-state index contributed by atoms with van der Waals surface area (Å²) in [5.41, 5.74) is 0. The standard InChI is InChI=1S/2C21H32O3.C5H9BrO/c2*1-3-19-20(24-19)17-15-13-11-9-7-5-4-6-8-10-12-14-16-18-21(22)23-2;1-2-4-5(3-6)7-4/h2*19-20H,3,5,7-12,14,16-18H2,1-2H3;4-5H,2-3H2,1H3. The van der Waals surface area contributed by atoms with Crippen LogP contribution in [0.25, 0.3) is 0 Å². The van der Waals surface area contributed by atoms with E-state index in [1.54, 1.807) is 0 Å². The van der Waals surface area contributed by atoms with Crippen LogP contribution < -0.4 is 0 Å². The Morgan fingerprint density at radius 1 is 0.436 bits per heavy atom. The highest BCUT2D eigenvalue weighted by molar-refractivity contribution is 9.09. The number of hydrogen-bond donors (Lipinski definition) is 0. The molecule has 0 radical (unpaired) electrons. The maximum absolute atomic E-state index is 10.9. The van der Waals surface area contributed by atoms with Gasteiger partial charge < -0.3 is 23.7 Å². The van der Waals surface area contributed by atoms with E-state index >= 15 is 0 Å². The maximum atomic E-state index is 10.9. The number of rotatable bonds is 24. The number of methoxy groups -OCH3 is 2. The van der Waals surface area contributed by atoms with Crippen molar-refractivity contribution in [1.82, 2.24) is 0 Å². The number of esters is 2. The molecule has 0 aromatic carbocycles. The van der Waals surface area contributed by atoms with Crippen molar-refractivity contribution < 1.29 is 33.3 Å². The molecule has 0 aliphatic carbocycles. The highest BCUT2D eigenvalue weighted by Crippen LogP contribution is 2.28. The van der Waals surface area contributed by atoms with Crippen molar-refractivity contribution in [2.45, 2.75) is 218 Å². The van der Waals surface area contributed by atoms with Crippen LogP contribution in [0, 0.1) is 47.4 Å². The average molecular weight is 830 g/mol. The number of unbranched alkanes of at least 4 members (excludes halogenated alkanes) is 14. The summed E-state index contributed by atoms with van der Waals surface area (Å²) in [5, 5.41) is 1.01. The quantitative estimate of drug-likeness (QED) is 0.0315. The third-order valence-corrected chi connectivity index (χ3v) is 10.2. The molecule has 3 aliphatic heterocycles. The monoisotopic (exact) mass is 828 g/mol. The molecule has 0 N–H and O–H groups in total. The second-order valence-corrected chi connectivity index (χ2v) is 14.9. The van der Waals surface area contributed by atoms with Crippen molar-refractivity contribution in [2.75, 3.05) is 19.5 Å². The van der Waals surface area contributed by atoms with E-state index in [2.05, 4.69) is 93.5 Å². The maximum Gasteiger partial charge on any atom is 0.305 e. The van der Waals surface area contributed by atoms with Crippen molar-refractivity contribution in [3.05, 3.63) is 0 Å². The fourth-order valence-corrected chi connectivity index (χ4v) is 6.29. The largest absolute Gasteiger partial charge is 0.469 e. The Hall–Kier alpha value is -2.46. The smallest absolute Gasteiger partial charge is 0.305 e. The molecule has 3 aliphatic rings. The summed E-state index contributed by atoms with van der Waals surface area (Å²) in [5.74, 6) is 25.7. The SMILES string of the molecule is CCC1OC1CBr.CCC1OC1CC#CCCCCC#CCCCCCCC(=O)OC.CCC1OC1CC#CCCCCC#CCCCCCCC(=O)OC. The van der Waals surface area contributed by atoms with Crippen LogP contribution in [0.3, 0.4) is 0 Å². The number of hydrogen-bond acceptors (Lipinski definition) is 7. The van der Waals surface area contributed by atoms with Gasteiger partial charge in [-0.15, -0.1) is 47.4 Å². The second-order valence-electron chi connectivity index (χ2n) is 14.2.